The van der Waals surface area contributed by atoms with Crippen molar-refractivity contribution in [2.45, 2.75) is 181 Å². The van der Waals surface area contributed by atoms with Crippen LogP contribution in [-0.2, 0) is 31.8 Å². The summed E-state index contributed by atoms with van der Waals surface area (Å²) < 4.78 is 36.0. The summed E-state index contributed by atoms with van der Waals surface area (Å²) in [5.74, 6) is 1.66. The van der Waals surface area contributed by atoms with Gasteiger partial charge in [-0.25, -0.2) is 0 Å². The molecule has 0 fully saturated rings. The third-order valence-electron chi connectivity index (χ3n) is 22.7. The molecule has 6 heteroatoms. The third-order valence-corrected chi connectivity index (χ3v) is 22.7. The van der Waals surface area contributed by atoms with Gasteiger partial charge in [0.1, 0.15) is 24.7 Å². The molecule has 526 valence electrons. The highest BCUT2D eigenvalue weighted by atomic mass is 16.5. The van der Waals surface area contributed by atoms with Gasteiger partial charge in [0.05, 0.1) is 39.6 Å². The molecule has 0 unspecified atom stereocenters. The van der Waals surface area contributed by atoms with Crippen LogP contribution in [0.5, 0.6) is 11.5 Å². The lowest BCUT2D eigenvalue weighted by molar-refractivity contribution is 0.0359. The molecular formula is C96H106O6. The average Bonchev–Trinajstić information content (AvgIpc) is 0.644. The average molecular weight is 1360 g/mol. The Kier molecular flexibility index (Phi) is 22.6. The van der Waals surface area contributed by atoms with Crippen molar-refractivity contribution >= 4 is 129 Å². The fraction of sp³-hybridized carbons (Fsp3) is 0.396. The number of hydrogen-bond donors (Lipinski definition) is 0. The van der Waals surface area contributed by atoms with Crippen LogP contribution in [0.1, 0.15) is 179 Å². The van der Waals surface area contributed by atoms with Gasteiger partial charge in [0.2, 0.25) is 0 Å². The topological polar surface area (TPSA) is 55.4 Å². The van der Waals surface area contributed by atoms with Crippen molar-refractivity contribution in [1.82, 2.24) is 0 Å². The maximum atomic E-state index is 6.32. The first-order valence-corrected chi connectivity index (χ1v) is 39.8. The highest BCUT2D eigenvalue weighted by Crippen LogP contribution is 2.61. The van der Waals surface area contributed by atoms with Crippen molar-refractivity contribution in [2.24, 2.45) is 0 Å². The van der Waals surface area contributed by atoms with Crippen LogP contribution in [0.15, 0.2) is 159 Å². The van der Waals surface area contributed by atoms with Crippen molar-refractivity contribution in [1.29, 1.82) is 0 Å². The number of rotatable bonds is 46. The van der Waals surface area contributed by atoms with E-state index in [0.29, 0.717) is 52.9 Å². The Hall–Kier alpha value is -8.10. The van der Waals surface area contributed by atoms with Gasteiger partial charge in [-0.1, -0.05) is 227 Å². The molecule has 0 bridgehead atoms. The molecule has 0 aliphatic carbocycles. The number of aryl methyl sites for hydroxylation is 2. The van der Waals surface area contributed by atoms with Crippen LogP contribution in [0, 0.1) is 0 Å². The molecule has 0 atom stereocenters. The van der Waals surface area contributed by atoms with Gasteiger partial charge in [-0.2, -0.15) is 0 Å². The molecule has 0 amide bonds. The van der Waals surface area contributed by atoms with Gasteiger partial charge < -0.3 is 28.4 Å². The molecule has 15 rings (SSSR count). The minimum atomic E-state index is 0.467. The molecule has 0 spiro atoms. The zero-order valence-corrected chi connectivity index (χ0v) is 61.2. The van der Waals surface area contributed by atoms with Crippen molar-refractivity contribution in [2.75, 3.05) is 66.1 Å². The van der Waals surface area contributed by atoms with Crippen LogP contribution in [0.2, 0.25) is 0 Å². The van der Waals surface area contributed by atoms with E-state index in [9.17, 15) is 0 Å². The predicted octanol–water partition coefficient (Wildman–Crippen LogP) is 27.2. The summed E-state index contributed by atoms with van der Waals surface area (Å²) in [6, 6.07) is 53.0. The highest BCUT2D eigenvalue weighted by molar-refractivity contribution is 6.61. The quantitative estimate of drug-likeness (QED) is 0.0164. The summed E-state index contributed by atoms with van der Waals surface area (Å²) in [5.41, 5.74) is 7.66. The molecule has 0 aliphatic rings. The lowest BCUT2D eigenvalue weighted by Crippen LogP contribution is -2.11. The number of ether oxygens (including phenoxy) is 6. The van der Waals surface area contributed by atoms with E-state index in [1.807, 2.05) is 12.2 Å². The normalized spacial score (nSPS) is 12.5. The Labute approximate surface area is 604 Å². The number of unbranched alkanes of at least 4 members (excludes halogenated alkanes) is 20. The summed E-state index contributed by atoms with van der Waals surface area (Å²) in [6.45, 7) is 17.9. The lowest BCUT2D eigenvalue weighted by atomic mass is 9.72. The summed E-state index contributed by atoms with van der Waals surface area (Å²) in [4.78, 5) is 0. The Bertz CT molecular complexity index is 4870. The van der Waals surface area contributed by atoms with E-state index in [4.69, 9.17) is 28.4 Å². The van der Waals surface area contributed by atoms with Gasteiger partial charge in [-0.15, -0.1) is 13.2 Å². The van der Waals surface area contributed by atoms with E-state index in [1.165, 1.54) is 280 Å². The molecule has 0 aromatic heterocycles. The first kappa shape index (κ1) is 69.6. The largest absolute Gasteiger partial charge is 0.491 e. The van der Waals surface area contributed by atoms with E-state index in [0.717, 1.165) is 74.4 Å². The molecular weight excluding hydrogens is 1250 g/mol. The Morgan fingerprint density at radius 2 is 0.510 bits per heavy atom. The van der Waals surface area contributed by atoms with Crippen LogP contribution in [0.25, 0.3) is 152 Å². The number of hydrogen-bond acceptors (Lipinski definition) is 6. The monoisotopic (exact) mass is 1350 g/mol. The van der Waals surface area contributed by atoms with E-state index < -0.39 is 0 Å². The van der Waals surface area contributed by atoms with Crippen LogP contribution >= 0.6 is 0 Å². The molecule has 6 nitrogen and oxygen atoms in total. The molecule has 0 saturated heterocycles. The van der Waals surface area contributed by atoms with Gasteiger partial charge in [0.15, 0.2) is 0 Å². The Balaban J connectivity index is 0.883. The summed E-state index contributed by atoms with van der Waals surface area (Å²) in [5, 5.41) is 33.4. The van der Waals surface area contributed by atoms with Crippen LogP contribution in [-0.4, -0.2) is 66.1 Å². The van der Waals surface area contributed by atoms with E-state index in [-0.39, 0.29) is 0 Å². The fourth-order valence-electron chi connectivity index (χ4n) is 17.7. The molecule has 15 aromatic rings. The van der Waals surface area contributed by atoms with Crippen LogP contribution in [0.3, 0.4) is 0 Å². The second-order valence-corrected chi connectivity index (χ2v) is 29.7. The molecule has 0 aliphatic heterocycles. The van der Waals surface area contributed by atoms with Crippen LogP contribution in [0.4, 0.5) is 0 Å². The van der Waals surface area contributed by atoms with Gasteiger partial charge in [-0.05, 0) is 263 Å². The first-order chi connectivity index (χ1) is 50.6. The predicted molar refractivity (Wildman–Crippen MR) is 439 cm³/mol. The molecule has 0 N–H and O–H groups in total. The zero-order chi connectivity index (χ0) is 69.1. The van der Waals surface area contributed by atoms with Crippen LogP contribution < -0.4 is 9.47 Å². The second-order valence-electron chi connectivity index (χ2n) is 29.7. The lowest BCUT2D eigenvalue weighted by Gasteiger charge is -2.30. The summed E-state index contributed by atoms with van der Waals surface area (Å²) >= 11 is 0. The molecule has 0 saturated carbocycles. The van der Waals surface area contributed by atoms with Crippen molar-refractivity contribution < 1.29 is 28.4 Å². The third kappa shape index (κ3) is 14.1. The fourth-order valence-corrected chi connectivity index (χ4v) is 17.7. The number of benzene rings is 15. The highest BCUT2D eigenvalue weighted by Gasteiger charge is 2.32. The van der Waals surface area contributed by atoms with Gasteiger partial charge in [0, 0.05) is 13.2 Å². The van der Waals surface area contributed by atoms with E-state index in [2.05, 4.69) is 160 Å². The molecule has 0 radical (unpaired) electrons. The minimum absolute atomic E-state index is 0.467. The van der Waals surface area contributed by atoms with Gasteiger partial charge in [-0.3, -0.25) is 0 Å². The minimum Gasteiger partial charge on any atom is -0.491 e. The Morgan fingerprint density at radius 1 is 0.245 bits per heavy atom. The van der Waals surface area contributed by atoms with E-state index in [1.54, 1.807) is 0 Å². The zero-order valence-electron chi connectivity index (χ0n) is 61.2. The van der Waals surface area contributed by atoms with Crippen molar-refractivity contribution in [3.8, 4) is 33.8 Å². The SMILES string of the molecule is C=CCCCOCCOCCOc1ccc(-c2cc3c4cccc5c6cc(CCCCCCCCCCCC)cc7c8cc(CCCCCCCCCCCC)cc9c%10cccc%11c%12cc(-c%13ccc(OCCOCCOCCCC=C)cc%13)cc%13c(c2)c3c2c(c54)c(c67)c(c98)c(c%10%11)c2c%12%13)cc1. The molecule has 0 heterocycles. The summed E-state index contributed by atoms with van der Waals surface area (Å²) in [7, 11) is 0. The standard InChI is InChI=1S/C96H106O6/c1-5-9-13-15-17-19-21-23-25-27-33-65-57-77-73-35-31-37-75-81-61-69(67-39-43-71(44-40-67)101-55-53-99-51-49-97-47-29-11-7-3)63-83-84-64-70(68-41-45-72(46-42-68)102-56-54-100-52-50-98-48-30-12-8-4)62-82-76-38-32-36-74-78-58-66(34-28-26-24-22-20-18-16-14-10-6-2)60-80-79(59-65)87(77)93-91(85(73)75)95(89(81)83)96(90(82)84)92(86(74)76)94(93)88(78)80/h7-8,31-32,35-46,57-64H,3-6,9-30,33-34,47-56H2,1-2H3. The van der Waals surface area contributed by atoms with Gasteiger partial charge in [0.25, 0.3) is 0 Å². The second kappa shape index (κ2) is 33.1. The molecule has 15 aromatic carbocycles. The van der Waals surface area contributed by atoms with Crippen molar-refractivity contribution in [3.05, 3.63) is 170 Å². The van der Waals surface area contributed by atoms with E-state index >= 15 is 0 Å². The number of allylic oxidation sites excluding steroid dienone is 2. The summed E-state index contributed by atoms with van der Waals surface area (Å²) in [6.07, 6.45) is 36.7. The first-order valence-electron chi connectivity index (χ1n) is 39.8. The van der Waals surface area contributed by atoms with Crippen molar-refractivity contribution in [3.63, 3.8) is 0 Å². The maximum absolute atomic E-state index is 6.32. The maximum Gasteiger partial charge on any atom is 0.119 e. The Morgan fingerprint density at radius 3 is 0.833 bits per heavy atom. The van der Waals surface area contributed by atoms with Gasteiger partial charge >= 0.3 is 0 Å². The number of fused-ring (bicyclic) bond motifs is 6. The molecule has 102 heavy (non-hydrogen) atoms. The smallest absolute Gasteiger partial charge is 0.119 e.